The van der Waals surface area contributed by atoms with Crippen LogP contribution in [0.3, 0.4) is 0 Å². The summed E-state index contributed by atoms with van der Waals surface area (Å²) in [6.45, 7) is 2.52. The topological polar surface area (TPSA) is 50.9 Å². The Balaban J connectivity index is 2.30. The Morgan fingerprint density at radius 3 is 2.76 bits per heavy atom. The smallest absolute Gasteiger partial charge is 0.111 e. The van der Waals surface area contributed by atoms with Crippen LogP contribution in [0.5, 0.6) is 0 Å². The SMILES string of the molecule is CCc1c(CO)nnn1Cc1ccccc1Cl. The summed E-state index contributed by atoms with van der Waals surface area (Å²) in [5.41, 5.74) is 2.59. The van der Waals surface area contributed by atoms with E-state index in [1.165, 1.54) is 0 Å². The molecular formula is C12H14ClN3O. The highest BCUT2D eigenvalue weighted by Gasteiger charge is 2.11. The summed E-state index contributed by atoms with van der Waals surface area (Å²) in [5.74, 6) is 0. The Bertz CT molecular complexity index is 510. The predicted molar refractivity (Wildman–Crippen MR) is 65.9 cm³/mol. The minimum Gasteiger partial charge on any atom is -0.390 e. The average Bonchev–Trinajstić information content (AvgIpc) is 2.74. The van der Waals surface area contributed by atoms with E-state index in [-0.39, 0.29) is 6.61 Å². The molecule has 1 aromatic carbocycles. The number of aliphatic hydroxyl groups excluding tert-OH is 1. The molecule has 2 aromatic rings. The van der Waals surface area contributed by atoms with E-state index in [2.05, 4.69) is 10.3 Å². The van der Waals surface area contributed by atoms with Crippen LogP contribution in [0.15, 0.2) is 24.3 Å². The molecule has 0 radical (unpaired) electrons. The number of hydrogen-bond donors (Lipinski definition) is 1. The number of aromatic nitrogens is 3. The summed E-state index contributed by atoms with van der Waals surface area (Å²) in [7, 11) is 0. The van der Waals surface area contributed by atoms with Crippen LogP contribution >= 0.6 is 11.6 Å². The lowest BCUT2D eigenvalue weighted by atomic mass is 10.2. The largest absolute Gasteiger partial charge is 0.390 e. The van der Waals surface area contributed by atoms with Crippen LogP contribution in [0.1, 0.15) is 23.9 Å². The monoisotopic (exact) mass is 251 g/mol. The van der Waals surface area contributed by atoms with Crippen molar-refractivity contribution in [3.8, 4) is 0 Å². The van der Waals surface area contributed by atoms with Crippen molar-refractivity contribution in [2.24, 2.45) is 0 Å². The molecule has 0 bridgehead atoms. The molecule has 1 aromatic heterocycles. The molecule has 0 fully saturated rings. The van der Waals surface area contributed by atoms with Crippen LogP contribution in [-0.2, 0) is 19.6 Å². The third kappa shape index (κ3) is 2.48. The lowest BCUT2D eigenvalue weighted by Crippen LogP contribution is -2.07. The summed E-state index contributed by atoms with van der Waals surface area (Å²) in [5, 5.41) is 17.9. The van der Waals surface area contributed by atoms with Gasteiger partial charge < -0.3 is 5.11 Å². The summed E-state index contributed by atoms with van der Waals surface area (Å²) >= 11 is 6.10. The first-order chi connectivity index (χ1) is 8.26. The Labute approximate surface area is 105 Å². The van der Waals surface area contributed by atoms with E-state index >= 15 is 0 Å². The van der Waals surface area contributed by atoms with Gasteiger partial charge >= 0.3 is 0 Å². The maximum absolute atomic E-state index is 9.14. The molecule has 0 aliphatic rings. The first-order valence-corrected chi connectivity index (χ1v) is 5.89. The summed E-state index contributed by atoms with van der Waals surface area (Å²) in [6, 6.07) is 7.65. The van der Waals surface area contributed by atoms with Gasteiger partial charge in [0.25, 0.3) is 0 Å². The molecular weight excluding hydrogens is 238 g/mol. The Morgan fingerprint density at radius 2 is 2.12 bits per heavy atom. The van der Waals surface area contributed by atoms with Crippen molar-refractivity contribution < 1.29 is 5.11 Å². The summed E-state index contributed by atoms with van der Waals surface area (Å²) in [4.78, 5) is 0. The van der Waals surface area contributed by atoms with E-state index in [0.717, 1.165) is 22.7 Å². The highest BCUT2D eigenvalue weighted by atomic mass is 35.5. The van der Waals surface area contributed by atoms with E-state index in [1.54, 1.807) is 4.68 Å². The fourth-order valence-electron chi connectivity index (χ4n) is 1.79. The van der Waals surface area contributed by atoms with Crippen LogP contribution in [-0.4, -0.2) is 20.1 Å². The van der Waals surface area contributed by atoms with E-state index in [1.807, 2.05) is 31.2 Å². The van der Waals surface area contributed by atoms with Crippen LogP contribution < -0.4 is 0 Å². The van der Waals surface area contributed by atoms with Gasteiger partial charge in [-0.25, -0.2) is 4.68 Å². The number of rotatable bonds is 4. The molecule has 0 saturated carbocycles. The third-order valence-electron chi connectivity index (χ3n) is 2.68. The second-order valence-electron chi connectivity index (χ2n) is 3.74. The molecule has 5 heteroatoms. The zero-order valence-electron chi connectivity index (χ0n) is 9.60. The van der Waals surface area contributed by atoms with Crippen molar-refractivity contribution in [3.05, 3.63) is 46.2 Å². The van der Waals surface area contributed by atoms with Gasteiger partial charge in [-0.1, -0.05) is 41.9 Å². The Kier molecular flexibility index (Phi) is 3.76. The van der Waals surface area contributed by atoms with Gasteiger partial charge in [-0.05, 0) is 18.1 Å². The second-order valence-corrected chi connectivity index (χ2v) is 4.15. The van der Waals surface area contributed by atoms with Gasteiger partial charge in [0.05, 0.1) is 18.8 Å². The molecule has 2 rings (SSSR count). The number of halogens is 1. The van der Waals surface area contributed by atoms with Crippen molar-refractivity contribution in [2.75, 3.05) is 0 Å². The molecule has 0 aliphatic carbocycles. The van der Waals surface area contributed by atoms with Gasteiger partial charge in [0.2, 0.25) is 0 Å². The predicted octanol–water partition coefficient (Wildman–Crippen LogP) is 2.03. The molecule has 1 heterocycles. The molecule has 0 spiro atoms. The van der Waals surface area contributed by atoms with Crippen molar-refractivity contribution in [1.29, 1.82) is 0 Å². The lowest BCUT2D eigenvalue weighted by Gasteiger charge is -2.07. The first-order valence-electron chi connectivity index (χ1n) is 5.51. The molecule has 17 heavy (non-hydrogen) atoms. The average molecular weight is 252 g/mol. The molecule has 0 saturated heterocycles. The van der Waals surface area contributed by atoms with Gasteiger partial charge in [-0.3, -0.25) is 0 Å². The fraction of sp³-hybridized carbons (Fsp3) is 0.333. The van der Waals surface area contributed by atoms with Gasteiger partial charge in [-0.2, -0.15) is 0 Å². The van der Waals surface area contributed by atoms with Crippen molar-refractivity contribution in [3.63, 3.8) is 0 Å². The van der Waals surface area contributed by atoms with Crippen molar-refractivity contribution in [1.82, 2.24) is 15.0 Å². The molecule has 0 aliphatic heterocycles. The fourth-order valence-corrected chi connectivity index (χ4v) is 1.99. The number of aliphatic hydroxyl groups is 1. The van der Waals surface area contributed by atoms with Crippen LogP contribution in [0.4, 0.5) is 0 Å². The van der Waals surface area contributed by atoms with E-state index in [4.69, 9.17) is 16.7 Å². The number of nitrogens with zero attached hydrogens (tertiary/aromatic N) is 3. The second kappa shape index (κ2) is 5.29. The minimum absolute atomic E-state index is 0.0777. The molecule has 0 atom stereocenters. The quantitative estimate of drug-likeness (QED) is 0.905. The highest BCUT2D eigenvalue weighted by molar-refractivity contribution is 6.31. The Morgan fingerprint density at radius 1 is 1.35 bits per heavy atom. The van der Waals surface area contributed by atoms with Gasteiger partial charge in [0.15, 0.2) is 0 Å². The van der Waals surface area contributed by atoms with Gasteiger partial charge in [0, 0.05) is 5.02 Å². The maximum atomic E-state index is 9.14. The zero-order valence-corrected chi connectivity index (χ0v) is 10.4. The van der Waals surface area contributed by atoms with Gasteiger partial charge in [0.1, 0.15) is 5.69 Å². The van der Waals surface area contributed by atoms with E-state index < -0.39 is 0 Å². The molecule has 1 N–H and O–H groups in total. The molecule has 90 valence electrons. The summed E-state index contributed by atoms with van der Waals surface area (Å²) < 4.78 is 1.78. The summed E-state index contributed by atoms with van der Waals surface area (Å²) in [6.07, 6.45) is 0.785. The van der Waals surface area contributed by atoms with E-state index in [0.29, 0.717) is 12.2 Å². The first kappa shape index (κ1) is 12.1. The minimum atomic E-state index is -0.0777. The van der Waals surface area contributed by atoms with Crippen molar-refractivity contribution in [2.45, 2.75) is 26.5 Å². The van der Waals surface area contributed by atoms with Crippen LogP contribution in [0.2, 0.25) is 5.02 Å². The highest BCUT2D eigenvalue weighted by Crippen LogP contribution is 2.17. The normalized spacial score (nSPS) is 10.8. The number of hydrogen-bond acceptors (Lipinski definition) is 3. The Hall–Kier alpha value is -1.39. The van der Waals surface area contributed by atoms with E-state index in [9.17, 15) is 0 Å². The maximum Gasteiger partial charge on any atom is 0.111 e. The van der Waals surface area contributed by atoms with Crippen molar-refractivity contribution >= 4 is 11.6 Å². The molecule has 0 unspecified atom stereocenters. The molecule has 0 amide bonds. The zero-order chi connectivity index (χ0) is 12.3. The standard InChI is InChI=1S/C12H14ClN3O/c1-2-12-11(8-17)14-15-16(12)7-9-5-3-4-6-10(9)13/h3-6,17H,2,7-8H2,1H3. The molecule has 4 nitrogen and oxygen atoms in total. The lowest BCUT2D eigenvalue weighted by molar-refractivity contribution is 0.275. The van der Waals surface area contributed by atoms with Crippen LogP contribution in [0.25, 0.3) is 0 Å². The third-order valence-corrected chi connectivity index (χ3v) is 3.05. The number of benzene rings is 1. The van der Waals surface area contributed by atoms with Crippen LogP contribution in [0, 0.1) is 0 Å². The van der Waals surface area contributed by atoms with Gasteiger partial charge in [-0.15, -0.1) is 5.10 Å².